The van der Waals surface area contributed by atoms with E-state index in [0.29, 0.717) is 36.1 Å². The molecule has 0 N–H and O–H groups in total. The highest BCUT2D eigenvalue weighted by Gasteiger charge is 2.53. The summed E-state index contributed by atoms with van der Waals surface area (Å²) in [4.78, 5) is 17.4. The average Bonchev–Trinajstić information content (AvgIpc) is 3.44. The number of nitrogens with zero attached hydrogens (tertiary/aromatic N) is 3. The van der Waals surface area contributed by atoms with Gasteiger partial charge in [-0.1, -0.05) is 17.3 Å². The second-order valence-electron chi connectivity index (χ2n) is 8.93. The molecule has 1 aromatic carbocycles. The first-order chi connectivity index (χ1) is 14.5. The van der Waals surface area contributed by atoms with Gasteiger partial charge in [0, 0.05) is 6.04 Å². The number of rotatable bonds is 5. The van der Waals surface area contributed by atoms with Gasteiger partial charge in [-0.15, -0.1) is 0 Å². The standard InChI is InChI=1S/C23H29N3O4/c1-16-6-5-7-19(10-16)28-13-20-17(2)30-24-21(20)22(27)26-14-23(15-26)11-18(12-29-23)25-8-3-4-9-25/h5-7,10,18H,3-4,8-9,11-15H2,1-2H3. The van der Waals surface area contributed by atoms with Crippen molar-refractivity contribution in [2.24, 2.45) is 0 Å². The number of ether oxygens (including phenoxy) is 2. The molecule has 3 aliphatic rings. The summed E-state index contributed by atoms with van der Waals surface area (Å²) in [6, 6.07) is 8.35. The maximum absolute atomic E-state index is 13.1. The van der Waals surface area contributed by atoms with E-state index in [1.165, 1.54) is 25.9 Å². The minimum Gasteiger partial charge on any atom is -0.489 e. The molecule has 1 atom stereocenters. The van der Waals surface area contributed by atoms with Crippen LogP contribution in [0.15, 0.2) is 28.8 Å². The van der Waals surface area contributed by atoms with Gasteiger partial charge in [0.1, 0.15) is 23.7 Å². The van der Waals surface area contributed by atoms with Crippen molar-refractivity contribution in [3.05, 3.63) is 46.8 Å². The molecule has 2 aromatic rings. The molecule has 1 amide bonds. The molecule has 0 aliphatic carbocycles. The van der Waals surface area contributed by atoms with Gasteiger partial charge >= 0.3 is 0 Å². The van der Waals surface area contributed by atoms with Gasteiger partial charge in [0.25, 0.3) is 5.91 Å². The van der Waals surface area contributed by atoms with Crippen molar-refractivity contribution in [2.45, 2.75) is 51.4 Å². The van der Waals surface area contributed by atoms with Crippen molar-refractivity contribution in [1.29, 1.82) is 0 Å². The molecule has 1 unspecified atom stereocenters. The fourth-order valence-electron chi connectivity index (χ4n) is 4.91. The van der Waals surface area contributed by atoms with Crippen molar-refractivity contribution in [2.75, 3.05) is 32.8 Å². The number of hydrogen-bond donors (Lipinski definition) is 0. The monoisotopic (exact) mass is 411 g/mol. The van der Waals surface area contributed by atoms with Gasteiger partial charge in [-0.2, -0.15) is 0 Å². The molecule has 1 aromatic heterocycles. The van der Waals surface area contributed by atoms with Gasteiger partial charge in [0.05, 0.1) is 25.3 Å². The SMILES string of the molecule is Cc1cccc(OCc2c(C(=O)N3CC4(CC(N5CCCC5)CO4)C3)noc2C)c1. The van der Waals surface area contributed by atoms with Crippen molar-refractivity contribution in [1.82, 2.24) is 15.0 Å². The van der Waals surface area contributed by atoms with Crippen molar-refractivity contribution < 1.29 is 18.8 Å². The van der Waals surface area contributed by atoms with E-state index in [4.69, 9.17) is 14.0 Å². The third kappa shape index (κ3) is 3.61. The van der Waals surface area contributed by atoms with Gasteiger partial charge in [0.2, 0.25) is 0 Å². The largest absolute Gasteiger partial charge is 0.489 e. The van der Waals surface area contributed by atoms with Crippen LogP contribution in [0.25, 0.3) is 0 Å². The molecule has 7 heteroatoms. The Hall–Kier alpha value is -2.38. The lowest BCUT2D eigenvalue weighted by Crippen LogP contribution is -2.63. The fraction of sp³-hybridized carbons (Fsp3) is 0.565. The summed E-state index contributed by atoms with van der Waals surface area (Å²) in [7, 11) is 0. The maximum atomic E-state index is 13.1. The highest BCUT2D eigenvalue weighted by Crippen LogP contribution is 2.38. The lowest BCUT2D eigenvalue weighted by atomic mass is 9.88. The maximum Gasteiger partial charge on any atom is 0.276 e. The molecule has 0 radical (unpaired) electrons. The summed E-state index contributed by atoms with van der Waals surface area (Å²) >= 11 is 0. The van der Waals surface area contributed by atoms with Crippen LogP contribution < -0.4 is 4.74 Å². The highest BCUT2D eigenvalue weighted by atomic mass is 16.5. The van der Waals surface area contributed by atoms with Crippen LogP contribution in [-0.2, 0) is 11.3 Å². The van der Waals surface area contributed by atoms with Crippen LogP contribution in [-0.4, -0.2) is 65.3 Å². The number of likely N-dealkylation sites (tertiary alicyclic amines) is 2. The summed E-state index contributed by atoms with van der Waals surface area (Å²) in [5.74, 6) is 1.28. The lowest BCUT2D eigenvalue weighted by Gasteiger charge is -2.47. The first-order valence-corrected chi connectivity index (χ1v) is 10.8. The van der Waals surface area contributed by atoms with Crippen LogP contribution in [0, 0.1) is 13.8 Å². The zero-order valence-corrected chi connectivity index (χ0v) is 17.7. The molecule has 7 nitrogen and oxygen atoms in total. The molecular weight excluding hydrogens is 382 g/mol. The van der Waals surface area contributed by atoms with E-state index in [9.17, 15) is 4.79 Å². The second-order valence-corrected chi connectivity index (χ2v) is 8.93. The molecule has 30 heavy (non-hydrogen) atoms. The Morgan fingerprint density at radius 1 is 1.27 bits per heavy atom. The van der Waals surface area contributed by atoms with Gasteiger partial charge < -0.3 is 18.9 Å². The fourth-order valence-corrected chi connectivity index (χ4v) is 4.91. The van der Waals surface area contributed by atoms with Crippen molar-refractivity contribution in [3.63, 3.8) is 0 Å². The van der Waals surface area contributed by atoms with E-state index in [0.717, 1.165) is 24.3 Å². The van der Waals surface area contributed by atoms with Crippen molar-refractivity contribution >= 4 is 5.91 Å². The van der Waals surface area contributed by atoms with E-state index >= 15 is 0 Å². The van der Waals surface area contributed by atoms with Crippen LogP contribution in [0.5, 0.6) is 5.75 Å². The molecular formula is C23H29N3O4. The minimum absolute atomic E-state index is 0.103. The summed E-state index contributed by atoms with van der Waals surface area (Å²) < 4.78 is 17.4. The Morgan fingerprint density at radius 3 is 2.83 bits per heavy atom. The summed E-state index contributed by atoms with van der Waals surface area (Å²) in [6.45, 7) is 8.47. The first kappa shape index (κ1) is 19.6. The van der Waals surface area contributed by atoms with E-state index in [-0.39, 0.29) is 18.1 Å². The van der Waals surface area contributed by atoms with E-state index in [1.807, 2.05) is 43.0 Å². The van der Waals surface area contributed by atoms with Gasteiger partial charge in [0.15, 0.2) is 5.69 Å². The molecule has 3 fully saturated rings. The van der Waals surface area contributed by atoms with E-state index < -0.39 is 0 Å². The Morgan fingerprint density at radius 2 is 2.07 bits per heavy atom. The Labute approximate surface area is 176 Å². The predicted molar refractivity (Wildman–Crippen MR) is 111 cm³/mol. The van der Waals surface area contributed by atoms with Crippen LogP contribution in [0.1, 0.15) is 46.6 Å². The van der Waals surface area contributed by atoms with Crippen LogP contribution in [0.4, 0.5) is 0 Å². The Kier molecular flexibility index (Phi) is 5.03. The quantitative estimate of drug-likeness (QED) is 0.754. The van der Waals surface area contributed by atoms with Crippen LogP contribution in [0.3, 0.4) is 0 Å². The first-order valence-electron chi connectivity index (χ1n) is 10.8. The van der Waals surface area contributed by atoms with Crippen LogP contribution >= 0.6 is 0 Å². The van der Waals surface area contributed by atoms with Gasteiger partial charge in [-0.05, 0) is 63.9 Å². The molecule has 4 heterocycles. The Balaban J connectivity index is 1.21. The van der Waals surface area contributed by atoms with Crippen LogP contribution in [0.2, 0.25) is 0 Å². The van der Waals surface area contributed by atoms with E-state index in [1.54, 1.807) is 0 Å². The summed E-state index contributed by atoms with van der Waals surface area (Å²) in [6.07, 6.45) is 3.58. The third-order valence-electron chi connectivity index (χ3n) is 6.65. The molecule has 160 valence electrons. The predicted octanol–water partition coefficient (Wildman–Crippen LogP) is 2.95. The number of amides is 1. The zero-order valence-electron chi connectivity index (χ0n) is 17.7. The molecule has 0 saturated carbocycles. The summed E-state index contributed by atoms with van der Waals surface area (Å²) in [5, 5.41) is 4.05. The number of hydrogen-bond acceptors (Lipinski definition) is 6. The number of aryl methyl sites for hydroxylation is 2. The zero-order chi connectivity index (χ0) is 20.7. The molecule has 3 aliphatic heterocycles. The smallest absolute Gasteiger partial charge is 0.276 e. The molecule has 1 spiro atoms. The Bertz CT molecular complexity index is 928. The molecule has 3 saturated heterocycles. The number of benzene rings is 1. The number of carbonyl (C=O) groups excluding carboxylic acids is 1. The minimum atomic E-state index is -0.181. The third-order valence-corrected chi connectivity index (χ3v) is 6.65. The lowest BCUT2D eigenvalue weighted by molar-refractivity contribution is -0.0953. The number of carbonyl (C=O) groups is 1. The molecule has 5 rings (SSSR count). The van der Waals surface area contributed by atoms with E-state index in [2.05, 4.69) is 10.1 Å². The summed E-state index contributed by atoms with van der Waals surface area (Å²) in [5.41, 5.74) is 2.01. The average molecular weight is 412 g/mol. The van der Waals surface area contributed by atoms with Gasteiger partial charge in [-0.25, -0.2) is 0 Å². The normalized spacial score (nSPS) is 23.1. The topological polar surface area (TPSA) is 68.0 Å². The number of aromatic nitrogens is 1. The highest BCUT2D eigenvalue weighted by molar-refractivity contribution is 5.94. The molecule has 0 bridgehead atoms. The van der Waals surface area contributed by atoms with Crippen molar-refractivity contribution in [3.8, 4) is 5.75 Å². The second kappa shape index (κ2) is 7.71. The van der Waals surface area contributed by atoms with Gasteiger partial charge in [-0.3, -0.25) is 9.69 Å².